The van der Waals surface area contributed by atoms with Crippen molar-refractivity contribution in [3.63, 3.8) is 0 Å². The number of nitrogens with zero attached hydrogens (tertiary/aromatic N) is 3. The molecule has 2 aromatic carbocycles. The van der Waals surface area contributed by atoms with Gasteiger partial charge in [-0.2, -0.15) is 0 Å². The smallest absolute Gasteiger partial charge is 0.407 e. The van der Waals surface area contributed by atoms with Gasteiger partial charge in [-0.1, -0.05) is 11.6 Å². The molecule has 9 nitrogen and oxygen atoms in total. The molecule has 116 valence electrons. The van der Waals surface area contributed by atoms with Crippen LogP contribution in [0.1, 0.15) is 0 Å². The molecule has 0 atom stereocenters. The van der Waals surface area contributed by atoms with Gasteiger partial charge < -0.3 is 4.42 Å². The van der Waals surface area contributed by atoms with Crippen LogP contribution in [-0.4, -0.2) is 14.4 Å². The van der Waals surface area contributed by atoms with Gasteiger partial charge in [0.2, 0.25) is 0 Å². The topological polar surface area (TPSA) is 121 Å². The van der Waals surface area contributed by atoms with Crippen LogP contribution in [0.2, 0.25) is 5.02 Å². The number of nitro benzene ring substituents is 2. The van der Waals surface area contributed by atoms with E-state index in [0.717, 1.165) is 22.8 Å². The molecule has 0 amide bonds. The first-order valence-corrected chi connectivity index (χ1v) is 6.50. The Hall–Kier alpha value is -3.20. The zero-order valence-corrected chi connectivity index (χ0v) is 11.9. The first kappa shape index (κ1) is 14.7. The second kappa shape index (κ2) is 5.21. The molecule has 0 fully saturated rings. The summed E-state index contributed by atoms with van der Waals surface area (Å²) >= 11 is 5.88. The number of halogens is 1. The van der Waals surface area contributed by atoms with Crippen molar-refractivity contribution in [1.82, 2.24) is 4.57 Å². The van der Waals surface area contributed by atoms with Crippen molar-refractivity contribution in [3.05, 3.63) is 72.2 Å². The molecule has 0 aliphatic heterocycles. The number of nitro groups is 2. The Morgan fingerprint density at radius 3 is 2.43 bits per heavy atom. The van der Waals surface area contributed by atoms with Crippen molar-refractivity contribution < 1.29 is 14.3 Å². The van der Waals surface area contributed by atoms with Gasteiger partial charge in [0.25, 0.3) is 11.4 Å². The predicted molar refractivity (Wildman–Crippen MR) is 80.1 cm³/mol. The van der Waals surface area contributed by atoms with Gasteiger partial charge in [0, 0.05) is 11.1 Å². The fraction of sp³-hybridized carbons (Fsp3) is 0. The second-order valence-corrected chi connectivity index (χ2v) is 4.94. The lowest BCUT2D eigenvalue weighted by molar-refractivity contribution is -0.394. The second-order valence-electron chi connectivity index (χ2n) is 4.50. The number of aromatic nitrogens is 1. The third kappa shape index (κ3) is 2.42. The Balaban J connectivity index is 2.37. The molecule has 0 aliphatic carbocycles. The molecule has 3 rings (SSSR count). The van der Waals surface area contributed by atoms with Gasteiger partial charge in [-0.3, -0.25) is 20.2 Å². The molecule has 10 heteroatoms. The molecular formula is C13H6ClN3O6. The van der Waals surface area contributed by atoms with Crippen LogP contribution in [0.3, 0.4) is 0 Å². The minimum Gasteiger partial charge on any atom is -0.407 e. The zero-order chi connectivity index (χ0) is 16.7. The summed E-state index contributed by atoms with van der Waals surface area (Å²) in [6.45, 7) is 0. The van der Waals surface area contributed by atoms with Crippen LogP contribution in [0.4, 0.5) is 11.4 Å². The minimum absolute atomic E-state index is 0.147. The Morgan fingerprint density at radius 2 is 1.78 bits per heavy atom. The third-order valence-electron chi connectivity index (χ3n) is 3.15. The number of rotatable bonds is 3. The molecule has 0 saturated carbocycles. The Morgan fingerprint density at radius 1 is 1.04 bits per heavy atom. The van der Waals surface area contributed by atoms with Gasteiger partial charge in [-0.15, -0.1) is 0 Å². The normalized spacial score (nSPS) is 10.8. The molecule has 0 unspecified atom stereocenters. The lowest BCUT2D eigenvalue weighted by Gasteiger charge is -2.03. The summed E-state index contributed by atoms with van der Waals surface area (Å²) in [5.41, 5.74) is -0.790. The fourth-order valence-electron chi connectivity index (χ4n) is 2.18. The van der Waals surface area contributed by atoms with Crippen LogP contribution in [-0.2, 0) is 0 Å². The van der Waals surface area contributed by atoms with Crippen molar-refractivity contribution in [2.45, 2.75) is 0 Å². The van der Waals surface area contributed by atoms with Gasteiger partial charge in [0.1, 0.15) is 5.69 Å². The molecule has 0 N–H and O–H groups in total. The molecular weight excluding hydrogens is 330 g/mol. The van der Waals surface area contributed by atoms with Crippen LogP contribution in [0.5, 0.6) is 0 Å². The van der Waals surface area contributed by atoms with Crippen LogP contribution >= 0.6 is 11.6 Å². The van der Waals surface area contributed by atoms with Crippen molar-refractivity contribution in [2.75, 3.05) is 0 Å². The standard InChI is InChI=1S/C13H6ClN3O6/c14-7-1-4-12-11(5-7)15(13(18)23-12)9-3-2-8(16(19)20)6-10(9)17(21)22/h1-6H. The highest BCUT2D eigenvalue weighted by atomic mass is 35.5. The minimum atomic E-state index is -0.862. The van der Waals surface area contributed by atoms with E-state index in [4.69, 9.17) is 16.0 Å². The summed E-state index contributed by atoms with van der Waals surface area (Å²) in [6.07, 6.45) is 0. The number of benzene rings is 2. The van der Waals surface area contributed by atoms with E-state index in [1.807, 2.05) is 0 Å². The molecule has 0 spiro atoms. The maximum Gasteiger partial charge on any atom is 0.424 e. The average molecular weight is 336 g/mol. The highest BCUT2D eigenvalue weighted by Gasteiger charge is 2.24. The monoisotopic (exact) mass is 335 g/mol. The largest absolute Gasteiger partial charge is 0.424 e. The Kier molecular flexibility index (Phi) is 3.34. The van der Waals surface area contributed by atoms with E-state index in [0.29, 0.717) is 5.02 Å². The summed E-state index contributed by atoms with van der Waals surface area (Å²) in [4.78, 5) is 32.5. The average Bonchev–Trinajstić information content (AvgIpc) is 2.81. The number of fused-ring (bicyclic) bond motifs is 1. The fourth-order valence-corrected chi connectivity index (χ4v) is 2.34. The summed E-state index contributed by atoms with van der Waals surface area (Å²) in [5, 5.41) is 22.3. The maximum atomic E-state index is 12.0. The van der Waals surface area contributed by atoms with E-state index < -0.39 is 27.0 Å². The van der Waals surface area contributed by atoms with Crippen molar-refractivity contribution in [3.8, 4) is 5.69 Å². The van der Waals surface area contributed by atoms with E-state index in [1.54, 1.807) is 0 Å². The molecule has 3 aromatic rings. The Labute approximate surface area is 131 Å². The maximum absolute atomic E-state index is 12.0. The molecule has 1 aromatic heterocycles. The zero-order valence-electron chi connectivity index (χ0n) is 11.1. The van der Waals surface area contributed by atoms with Crippen LogP contribution in [0.25, 0.3) is 16.8 Å². The summed E-state index contributed by atoms with van der Waals surface area (Å²) in [5.74, 6) is -0.862. The summed E-state index contributed by atoms with van der Waals surface area (Å²) in [7, 11) is 0. The number of hydrogen-bond donors (Lipinski definition) is 0. The van der Waals surface area contributed by atoms with Gasteiger partial charge >= 0.3 is 5.76 Å². The van der Waals surface area contributed by atoms with Crippen LogP contribution in [0.15, 0.2) is 45.6 Å². The van der Waals surface area contributed by atoms with E-state index in [1.165, 1.54) is 18.2 Å². The molecule has 0 saturated heterocycles. The predicted octanol–water partition coefficient (Wildman–Crippen LogP) is 3.05. The van der Waals surface area contributed by atoms with Gasteiger partial charge in [-0.25, -0.2) is 9.36 Å². The van der Waals surface area contributed by atoms with E-state index >= 15 is 0 Å². The van der Waals surface area contributed by atoms with E-state index in [2.05, 4.69) is 0 Å². The van der Waals surface area contributed by atoms with Gasteiger partial charge in [0.15, 0.2) is 5.58 Å². The lowest BCUT2D eigenvalue weighted by atomic mass is 10.2. The number of oxazole rings is 1. The molecule has 0 radical (unpaired) electrons. The molecule has 1 heterocycles. The van der Waals surface area contributed by atoms with Crippen LogP contribution < -0.4 is 5.76 Å². The molecule has 0 bridgehead atoms. The first-order valence-electron chi connectivity index (χ1n) is 6.13. The third-order valence-corrected chi connectivity index (χ3v) is 3.38. The van der Waals surface area contributed by atoms with E-state index in [9.17, 15) is 25.0 Å². The summed E-state index contributed by atoms with van der Waals surface area (Å²) < 4.78 is 5.96. The van der Waals surface area contributed by atoms with Gasteiger partial charge in [0.05, 0.1) is 21.4 Å². The summed E-state index contributed by atoms with van der Waals surface area (Å²) in [6, 6.07) is 7.33. The number of hydrogen-bond acceptors (Lipinski definition) is 6. The van der Waals surface area contributed by atoms with Crippen molar-refractivity contribution in [1.29, 1.82) is 0 Å². The molecule has 23 heavy (non-hydrogen) atoms. The van der Waals surface area contributed by atoms with Gasteiger partial charge in [-0.05, 0) is 24.3 Å². The first-order chi connectivity index (χ1) is 10.9. The number of non-ortho nitro benzene ring substituents is 1. The van der Waals surface area contributed by atoms with Crippen molar-refractivity contribution in [2.24, 2.45) is 0 Å². The lowest BCUT2D eigenvalue weighted by Crippen LogP contribution is -2.13. The van der Waals surface area contributed by atoms with Crippen molar-refractivity contribution >= 4 is 34.1 Å². The van der Waals surface area contributed by atoms with E-state index in [-0.39, 0.29) is 16.8 Å². The van der Waals surface area contributed by atoms with Crippen LogP contribution in [0, 0.1) is 20.2 Å². The molecule has 0 aliphatic rings. The quantitative estimate of drug-likeness (QED) is 0.535. The Bertz CT molecular complexity index is 1020. The SMILES string of the molecule is O=c1oc2ccc(Cl)cc2n1-c1ccc([N+](=O)[O-])cc1[N+](=O)[O-]. The highest BCUT2D eigenvalue weighted by Crippen LogP contribution is 2.30. The highest BCUT2D eigenvalue weighted by molar-refractivity contribution is 6.31.